The molecule has 0 spiro atoms. The SMILES string of the molecule is O=C(CSc1n[nH]c(=O)n1C[C@@H]1CCCO1)Nc1ccc2ccccc2c1. The number of aromatic amines is 1. The summed E-state index contributed by atoms with van der Waals surface area (Å²) in [6.45, 7) is 1.19. The van der Waals surface area contributed by atoms with Crippen LogP contribution in [0.15, 0.2) is 52.4 Å². The molecule has 1 fully saturated rings. The molecule has 27 heavy (non-hydrogen) atoms. The smallest absolute Gasteiger partial charge is 0.344 e. The van der Waals surface area contributed by atoms with Gasteiger partial charge in [0.25, 0.3) is 0 Å². The van der Waals surface area contributed by atoms with Gasteiger partial charge in [-0.15, -0.1) is 5.10 Å². The quantitative estimate of drug-likeness (QED) is 0.638. The summed E-state index contributed by atoms with van der Waals surface area (Å²) in [5.74, 6) is 0.0252. The topological polar surface area (TPSA) is 89.0 Å². The van der Waals surface area contributed by atoms with Gasteiger partial charge < -0.3 is 10.1 Å². The summed E-state index contributed by atoms with van der Waals surface area (Å²) < 4.78 is 7.13. The number of benzene rings is 2. The van der Waals surface area contributed by atoms with Crippen LogP contribution >= 0.6 is 11.8 Å². The third-order valence-corrected chi connectivity index (χ3v) is 5.48. The summed E-state index contributed by atoms with van der Waals surface area (Å²) in [6, 6.07) is 13.8. The molecule has 0 radical (unpaired) electrons. The van der Waals surface area contributed by atoms with E-state index in [0.29, 0.717) is 11.7 Å². The second kappa shape index (κ2) is 7.98. The number of H-pyrrole nitrogens is 1. The van der Waals surface area contributed by atoms with Gasteiger partial charge in [0.15, 0.2) is 5.16 Å². The van der Waals surface area contributed by atoms with Crippen molar-refractivity contribution in [3.05, 3.63) is 52.9 Å². The zero-order chi connectivity index (χ0) is 18.6. The van der Waals surface area contributed by atoms with Crippen molar-refractivity contribution in [3.63, 3.8) is 0 Å². The van der Waals surface area contributed by atoms with Gasteiger partial charge in [0.1, 0.15) is 0 Å². The first kappa shape index (κ1) is 17.8. The van der Waals surface area contributed by atoms with Gasteiger partial charge in [0.05, 0.1) is 18.4 Å². The van der Waals surface area contributed by atoms with E-state index in [1.165, 1.54) is 11.8 Å². The van der Waals surface area contributed by atoms with Crippen LogP contribution in [0.3, 0.4) is 0 Å². The fraction of sp³-hybridized carbons (Fsp3) is 0.316. The van der Waals surface area contributed by atoms with Crippen LogP contribution in [0, 0.1) is 0 Å². The number of nitrogens with one attached hydrogen (secondary N) is 2. The number of carbonyl (C=O) groups is 1. The maximum Gasteiger partial charge on any atom is 0.344 e. The average molecular weight is 384 g/mol. The number of carbonyl (C=O) groups excluding carboxylic acids is 1. The number of hydrogen-bond acceptors (Lipinski definition) is 5. The molecule has 0 aliphatic carbocycles. The zero-order valence-electron chi connectivity index (χ0n) is 14.7. The molecule has 0 saturated carbocycles. The Morgan fingerprint density at radius 2 is 2.15 bits per heavy atom. The number of amides is 1. The third-order valence-electron chi connectivity index (χ3n) is 4.50. The van der Waals surface area contributed by atoms with Gasteiger partial charge in [0, 0.05) is 12.3 Å². The first-order chi connectivity index (χ1) is 13.2. The highest BCUT2D eigenvalue weighted by atomic mass is 32.2. The number of ether oxygens (including phenoxy) is 1. The Kier molecular flexibility index (Phi) is 5.26. The molecule has 1 aliphatic rings. The van der Waals surface area contributed by atoms with E-state index in [2.05, 4.69) is 15.5 Å². The second-order valence-electron chi connectivity index (χ2n) is 6.46. The molecule has 7 nitrogen and oxygen atoms in total. The van der Waals surface area contributed by atoms with Crippen LogP contribution in [0.4, 0.5) is 5.69 Å². The predicted octanol–water partition coefficient (Wildman–Crippen LogP) is 2.63. The van der Waals surface area contributed by atoms with Gasteiger partial charge in [-0.3, -0.25) is 9.36 Å². The number of anilines is 1. The molecule has 2 aromatic carbocycles. The van der Waals surface area contributed by atoms with Crippen LogP contribution in [0.2, 0.25) is 0 Å². The van der Waals surface area contributed by atoms with E-state index in [1.807, 2.05) is 42.5 Å². The monoisotopic (exact) mass is 384 g/mol. The summed E-state index contributed by atoms with van der Waals surface area (Å²) >= 11 is 1.24. The number of nitrogens with zero attached hydrogens (tertiary/aromatic N) is 2. The molecule has 8 heteroatoms. The number of hydrogen-bond donors (Lipinski definition) is 2. The van der Waals surface area contributed by atoms with Crippen molar-refractivity contribution in [1.29, 1.82) is 0 Å². The lowest BCUT2D eigenvalue weighted by molar-refractivity contribution is -0.113. The Bertz CT molecular complexity index is 1010. The summed E-state index contributed by atoms with van der Waals surface area (Å²) in [5, 5.41) is 12.1. The molecule has 3 aromatic rings. The predicted molar refractivity (Wildman–Crippen MR) is 105 cm³/mol. The minimum absolute atomic E-state index is 0.0334. The highest BCUT2D eigenvalue weighted by Gasteiger charge is 2.20. The van der Waals surface area contributed by atoms with E-state index in [4.69, 9.17) is 4.74 Å². The van der Waals surface area contributed by atoms with Gasteiger partial charge in [-0.25, -0.2) is 9.89 Å². The van der Waals surface area contributed by atoms with Gasteiger partial charge in [0.2, 0.25) is 5.91 Å². The summed E-state index contributed by atoms with van der Waals surface area (Å²) in [6.07, 6.45) is 1.98. The van der Waals surface area contributed by atoms with Gasteiger partial charge in [-0.2, -0.15) is 0 Å². The maximum atomic E-state index is 12.3. The standard InChI is InChI=1S/C19H20N4O3S/c24-17(20-15-8-7-13-4-1-2-5-14(13)10-15)12-27-19-22-21-18(25)23(19)11-16-6-3-9-26-16/h1-2,4-5,7-8,10,16H,3,6,9,11-12H2,(H,20,24)(H,21,25)/t16-/m0/s1. The van der Waals surface area contributed by atoms with Crippen LogP contribution in [0.5, 0.6) is 0 Å². The lowest BCUT2D eigenvalue weighted by Crippen LogP contribution is -2.25. The lowest BCUT2D eigenvalue weighted by atomic mass is 10.1. The first-order valence-corrected chi connectivity index (χ1v) is 9.86. The van der Waals surface area contributed by atoms with Crippen molar-refractivity contribution in [2.24, 2.45) is 0 Å². The van der Waals surface area contributed by atoms with E-state index < -0.39 is 0 Å². The molecule has 1 saturated heterocycles. The maximum absolute atomic E-state index is 12.3. The molecule has 4 rings (SSSR count). The second-order valence-corrected chi connectivity index (χ2v) is 7.40. The molecule has 140 valence electrons. The van der Waals surface area contributed by atoms with Gasteiger partial charge >= 0.3 is 5.69 Å². The third kappa shape index (κ3) is 4.23. The van der Waals surface area contributed by atoms with Crippen molar-refractivity contribution >= 4 is 34.1 Å². The van der Waals surface area contributed by atoms with Crippen molar-refractivity contribution < 1.29 is 9.53 Å². The average Bonchev–Trinajstić information content (AvgIpc) is 3.31. The van der Waals surface area contributed by atoms with Crippen LogP contribution in [0.25, 0.3) is 10.8 Å². The molecule has 0 bridgehead atoms. The Hall–Kier alpha value is -2.58. The Balaban J connectivity index is 1.38. The number of rotatable bonds is 6. The molecule has 2 heterocycles. The number of thioether (sulfide) groups is 1. The molecule has 1 atom stereocenters. The summed E-state index contributed by atoms with van der Waals surface area (Å²) in [7, 11) is 0. The molecule has 1 amide bonds. The molecular formula is C19H20N4O3S. The fourth-order valence-corrected chi connectivity index (χ4v) is 3.92. The Morgan fingerprint density at radius 3 is 2.96 bits per heavy atom. The highest BCUT2D eigenvalue weighted by Crippen LogP contribution is 2.21. The number of fused-ring (bicyclic) bond motifs is 1. The molecule has 1 aromatic heterocycles. The molecule has 0 unspecified atom stereocenters. The zero-order valence-corrected chi connectivity index (χ0v) is 15.5. The van der Waals surface area contributed by atoms with Crippen LogP contribution in [-0.2, 0) is 16.1 Å². The van der Waals surface area contributed by atoms with Crippen molar-refractivity contribution in [2.45, 2.75) is 30.6 Å². The summed E-state index contributed by atoms with van der Waals surface area (Å²) in [4.78, 5) is 24.3. The van der Waals surface area contributed by atoms with Crippen LogP contribution < -0.4 is 11.0 Å². The van der Waals surface area contributed by atoms with E-state index in [-0.39, 0.29) is 23.5 Å². The molecular weight excluding hydrogens is 364 g/mol. The Labute approximate surface area is 160 Å². The first-order valence-electron chi connectivity index (χ1n) is 8.87. The van der Waals surface area contributed by atoms with E-state index >= 15 is 0 Å². The minimum atomic E-state index is -0.275. The van der Waals surface area contributed by atoms with E-state index in [0.717, 1.165) is 35.9 Å². The molecule has 1 aliphatic heterocycles. The van der Waals surface area contributed by atoms with Crippen molar-refractivity contribution in [3.8, 4) is 0 Å². The largest absolute Gasteiger partial charge is 0.376 e. The van der Waals surface area contributed by atoms with E-state index in [9.17, 15) is 9.59 Å². The minimum Gasteiger partial charge on any atom is -0.376 e. The normalized spacial score (nSPS) is 16.7. The lowest BCUT2D eigenvalue weighted by Gasteiger charge is -2.11. The van der Waals surface area contributed by atoms with Gasteiger partial charge in [-0.05, 0) is 35.7 Å². The van der Waals surface area contributed by atoms with Crippen molar-refractivity contribution in [1.82, 2.24) is 14.8 Å². The highest BCUT2D eigenvalue weighted by molar-refractivity contribution is 7.99. The van der Waals surface area contributed by atoms with E-state index in [1.54, 1.807) is 4.57 Å². The number of aromatic nitrogens is 3. The van der Waals surface area contributed by atoms with Crippen LogP contribution in [0.1, 0.15) is 12.8 Å². The summed E-state index contributed by atoms with van der Waals surface area (Å²) in [5.41, 5.74) is 0.473. The van der Waals surface area contributed by atoms with Crippen LogP contribution in [-0.4, -0.2) is 39.1 Å². The Morgan fingerprint density at radius 1 is 1.30 bits per heavy atom. The molecule has 2 N–H and O–H groups in total. The fourth-order valence-electron chi connectivity index (χ4n) is 3.16. The van der Waals surface area contributed by atoms with Gasteiger partial charge in [-0.1, -0.05) is 42.1 Å². The van der Waals surface area contributed by atoms with Crippen molar-refractivity contribution in [2.75, 3.05) is 17.7 Å².